The molecule has 0 unspecified atom stereocenters. The second-order valence-corrected chi connectivity index (χ2v) is 5.39. The number of ether oxygens (including phenoxy) is 1. The minimum Gasteiger partial charge on any atom is -0.494 e. The number of halogens is 1. The molecule has 1 aromatic heterocycles. The van der Waals surface area contributed by atoms with Gasteiger partial charge in [0.25, 0.3) is 0 Å². The Morgan fingerprint density at radius 2 is 1.76 bits per heavy atom. The molecule has 0 fully saturated rings. The maximum Gasteiger partial charge on any atom is 0.136 e. The van der Waals surface area contributed by atoms with Crippen LogP contribution < -0.4 is 4.74 Å². The topological polar surface area (TPSA) is 35.0 Å². The van der Waals surface area contributed by atoms with E-state index in [0.29, 0.717) is 5.15 Å². The zero-order valence-corrected chi connectivity index (χ0v) is 13.6. The Morgan fingerprint density at radius 3 is 2.38 bits per heavy atom. The lowest BCUT2D eigenvalue weighted by Gasteiger charge is -2.10. The van der Waals surface area contributed by atoms with Crippen LogP contribution in [0.2, 0.25) is 5.15 Å². The van der Waals surface area contributed by atoms with Gasteiger partial charge in [0.2, 0.25) is 0 Å². The van der Waals surface area contributed by atoms with Crippen molar-refractivity contribution in [2.24, 2.45) is 0 Å². The normalized spacial score (nSPS) is 10.7. The van der Waals surface area contributed by atoms with Crippen LogP contribution >= 0.6 is 11.6 Å². The molecule has 0 bridgehead atoms. The van der Waals surface area contributed by atoms with Crippen LogP contribution in [0.1, 0.15) is 38.1 Å². The van der Waals surface area contributed by atoms with E-state index in [2.05, 4.69) is 23.8 Å². The molecule has 0 aliphatic rings. The molecule has 0 spiro atoms. The van der Waals surface area contributed by atoms with Gasteiger partial charge in [0.1, 0.15) is 16.7 Å². The average molecular weight is 305 g/mol. The summed E-state index contributed by atoms with van der Waals surface area (Å²) in [5.74, 6) is 1.68. The van der Waals surface area contributed by atoms with Gasteiger partial charge in [0.05, 0.1) is 12.3 Å². The van der Waals surface area contributed by atoms with Crippen LogP contribution in [0.4, 0.5) is 0 Å². The third kappa shape index (κ3) is 3.94. The predicted octanol–water partition coefficient (Wildman–Crippen LogP) is 4.85. The summed E-state index contributed by atoms with van der Waals surface area (Å²) >= 11 is 6.23. The minimum atomic E-state index is 0.537. The Balaban J connectivity index is 2.32. The molecule has 0 atom stereocenters. The van der Waals surface area contributed by atoms with E-state index >= 15 is 0 Å². The van der Waals surface area contributed by atoms with E-state index in [1.807, 2.05) is 31.2 Å². The molecule has 2 rings (SSSR count). The number of rotatable bonds is 6. The maximum absolute atomic E-state index is 6.23. The van der Waals surface area contributed by atoms with Crippen molar-refractivity contribution in [3.05, 3.63) is 40.8 Å². The van der Waals surface area contributed by atoms with E-state index in [1.54, 1.807) is 0 Å². The number of benzene rings is 1. The molecule has 0 saturated heterocycles. The third-order valence-corrected chi connectivity index (χ3v) is 3.57. The Morgan fingerprint density at radius 1 is 1.05 bits per heavy atom. The summed E-state index contributed by atoms with van der Waals surface area (Å²) in [5, 5.41) is 0.537. The van der Waals surface area contributed by atoms with Crippen LogP contribution in [-0.4, -0.2) is 16.6 Å². The standard InChI is InChI=1S/C17H21ClN2O/c1-4-6-15-19-16(12(3)17(18)20-15)13-7-9-14(10-8-13)21-11-5-2/h7-10H,4-6,11H2,1-3H3. The van der Waals surface area contributed by atoms with E-state index in [4.69, 9.17) is 16.3 Å². The van der Waals surface area contributed by atoms with Gasteiger partial charge in [-0.05, 0) is 44.0 Å². The number of hydrogen-bond acceptors (Lipinski definition) is 3. The molecule has 2 aromatic rings. The lowest BCUT2D eigenvalue weighted by molar-refractivity contribution is 0.317. The van der Waals surface area contributed by atoms with Gasteiger partial charge >= 0.3 is 0 Å². The second kappa shape index (κ2) is 7.41. The van der Waals surface area contributed by atoms with Crippen LogP contribution in [0.5, 0.6) is 5.75 Å². The third-order valence-electron chi connectivity index (χ3n) is 3.21. The van der Waals surface area contributed by atoms with Crippen molar-refractivity contribution in [3.8, 4) is 17.0 Å². The van der Waals surface area contributed by atoms with Crippen LogP contribution in [0.15, 0.2) is 24.3 Å². The van der Waals surface area contributed by atoms with Crippen LogP contribution in [0, 0.1) is 6.92 Å². The highest BCUT2D eigenvalue weighted by atomic mass is 35.5. The maximum atomic E-state index is 6.23. The molecule has 0 saturated carbocycles. The van der Waals surface area contributed by atoms with E-state index in [-0.39, 0.29) is 0 Å². The highest BCUT2D eigenvalue weighted by Gasteiger charge is 2.11. The lowest BCUT2D eigenvalue weighted by atomic mass is 10.1. The monoisotopic (exact) mass is 304 g/mol. The molecule has 1 aromatic carbocycles. The van der Waals surface area contributed by atoms with E-state index in [1.165, 1.54) is 0 Å². The molecule has 0 N–H and O–H groups in total. The minimum absolute atomic E-state index is 0.537. The molecular weight excluding hydrogens is 284 g/mol. The number of nitrogens with zero attached hydrogens (tertiary/aromatic N) is 2. The molecule has 0 aliphatic heterocycles. The zero-order chi connectivity index (χ0) is 15.2. The van der Waals surface area contributed by atoms with Gasteiger partial charge in [-0.15, -0.1) is 0 Å². The molecule has 112 valence electrons. The first-order valence-electron chi connectivity index (χ1n) is 7.42. The highest BCUT2D eigenvalue weighted by Crippen LogP contribution is 2.27. The number of aromatic nitrogens is 2. The Hall–Kier alpha value is -1.61. The van der Waals surface area contributed by atoms with Crippen molar-refractivity contribution in [1.29, 1.82) is 0 Å². The largest absolute Gasteiger partial charge is 0.494 e. The van der Waals surface area contributed by atoms with Crippen molar-refractivity contribution in [2.45, 2.75) is 40.0 Å². The molecule has 3 nitrogen and oxygen atoms in total. The van der Waals surface area contributed by atoms with Gasteiger partial charge in [-0.2, -0.15) is 0 Å². The number of aryl methyl sites for hydroxylation is 1. The van der Waals surface area contributed by atoms with E-state index in [9.17, 15) is 0 Å². The predicted molar refractivity (Wildman–Crippen MR) is 87.0 cm³/mol. The SMILES string of the molecule is CCCOc1ccc(-c2nc(CCC)nc(Cl)c2C)cc1. The van der Waals surface area contributed by atoms with Gasteiger partial charge < -0.3 is 4.74 Å². The fourth-order valence-electron chi connectivity index (χ4n) is 2.08. The van der Waals surface area contributed by atoms with Gasteiger partial charge in [-0.1, -0.05) is 25.4 Å². The fraction of sp³-hybridized carbons (Fsp3) is 0.412. The first-order valence-corrected chi connectivity index (χ1v) is 7.79. The highest BCUT2D eigenvalue weighted by molar-refractivity contribution is 6.30. The van der Waals surface area contributed by atoms with Crippen LogP contribution in [-0.2, 0) is 6.42 Å². The average Bonchev–Trinajstić information content (AvgIpc) is 2.49. The summed E-state index contributed by atoms with van der Waals surface area (Å²) in [6.07, 6.45) is 2.84. The van der Waals surface area contributed by atoms with Crippen molar-refractivity contribution in [1.82, 2.24) is 9.97 Å². The fourth-order valence-corrected chi connectivity index (χ4v) is 2.27. The second-order valence-electron chi connectivity index (χ2n) is 5.03. The smallest absolute Gasteiger partial charge is 0.136 e. The van der Waals surface area contributed by atoms with Gasteiger partial charge in [0.15, 0.2) is 0 Å². The summed E-state index contributed by atoms with van der Waals surface area (Å²) in [4.78, 5) is 8.98. The van der Waals surface area contributed by atoms with Crippen LogP contribution in [0.25, 0.3) is 11.3 Å². The summed E-state index contributed by atoms with van der Waals surface area (Å²) < 4.78 is 5.60. The van der Waals surface area contributed by atoms with Crippen molar-refractivity contribution < 1.29 is 4.74 Å². The molecular formula is C17H21ClN2O. The van der Waals surface area contributed by atoms with Gasteiger partial charge in [0, 0.05) is 17.5 Å². The molecule has 0 radical (unpaired) electrons. The quantitative estimate of drug-likeness (QED) is 0.716. The number of hydrogen-bond donors (Lipinski definition) is 0. The first-order chi connectivity index (χ1) is 10.2. The van der Waals surface area contributed by atoms with Crippen molar-refractivity contribution in [3.63, 3.8) is 0 Å². The summed E-state index contributed by atoms with van der Waals surface area (Å²) in [5.41, 5.74) is 2.86. The van der Waals surface area contributed by atoms with Crippen LogP contribution in [0.3, 0.4) is 0 Å². The summed E-state index contributed by atoms with van der Waals surface area (Å²) in [6.45, 7) is 6.89. The molecule has 0 aliphatic carbocycles. The van der Waals surface area contributed by atoms with Gasteiger partial charge in [-0.25, -0.2) is 9.97 Å². The summed E-state index contributed by atoms with van der Waals surface area (Å²) in [7, 11) is 0. The Bertz CT molecular complexity index is 596. The van der Waals surface area contributed by atoms with Gasteiger partial charge in [-0.3, -0.25) is 0 Å². The lowest BCUT2D eigenvalue weighted by Crippen LogP contribution is -2.00. The van der Waals surface area contributed by atoms with Crippen molar-refractivity contribution in [2.75, 3.05) is 6.61 Å². The Labute approximate surface area is 131 Å². The molecule has 4 heteroatoms. The van der Waals surface area contributed by atoms with E-state index in [0.717, 1.165) is 54.3 Å². The zero-order valence-electron chi connectivity index (χ0n) is 12.8. The van der Waals surface area contributed by atoms with E-state index < -0.39 is 0 Å². The van der Waals surface area contributed by atoms with Crippen molar-refractivity contribution >= 4 is 11.6 Å². The first kappa shape index (κ1) is 15.8. The molecule has 21 heavy (non-hydrogen) atoms. The summed E-state index contributed by atoms with van der Waals surface area (Å²) in [6, 6.07) is 7.98. The Kier molecular flexibility index (Phi) is 5.57. The molecule has 1 heterocycles. The molecule has 0 amide bonds.